The van der Waals surface area contributed by atoms with Gasteiger partial charge in [0.05, 0.1) is 12.2 Å². The molecule has 0 saturated heterocycles. The summed E-state index contributed by atoms with van der Waals surface area (Å²) < 4.78 is 15.1. The van der Waals surface area contributed by atoms with E-state index in [0.717, 1.165) is 11.8 Å². The lowest BCUT2D eigenvalue weighted by molar-refractivity contribution is -0.115. The molecule has 26 heavy (non-hydrogen) atoms. The van der Waals surface area contributed by atoms with Crippen LogP contribution in [0.4, 0.5) is 10.1 Å². The predicted molar refractivity (Wildman–Crippen MR) is 93.5 cm³/mol. The van der Waals surface area contributed by atoms with Crippen molar-refractivity contribution in [3.8, 4) is 5.69 Å². The van der Waals surface area contributed by atoms with Gasteiger partial charge < -0.3 is 10.6 Å². The lowest BCUT2D eigenvalue weighted by Gasteiger charge is -2.08. The van der Waals surface area contributed by atoms with E-state index >= 15 is 0 Å². The summed E-state index contributed by atoms with van der Waals surface area (Å²) in [6.45, 7) is 1.39. The number of halogens is 1. The molecular weight excluding hydrogens is 337 g/mol. The standard InChI is InChI=1S/C18H16FN5O2/c1-12-2-3-13(8-16(12)19)18(26)21-9-17(25)23-14-4-6-15(7-5-14)24-11-20-10-22-24/h2-8,10-11H,9H2,1H3,(H,21,26)(H,23,25). The van der Waals surface area contributed by atoms with Crippen LogP contribution in [0.2, 0.25) is 0 Å². The number of aromatic nitrogens is 3. The van der Waals surface area contributed by atoms with Gasteiger partial charge in [-0.1, -0.05) is 6.07 Å². The highest BCUT2D eigenvalue weighted by Crippen LogP contribution is 2.12. The third-order valence-electron chi connectivity index (χ3n) is 3.68. The Labute approximate surface area is 148 Å². The molecule has 0 unspecified atom stereocenters. The van der Waals surface area contributed by atoms with E-state index in [1.54, 1.807) is 42.2 Å². The molecule has 3 aromatic rings. The van der Waals surface area contributed by atoms with E-state index in [1.807, 2.05) is 0 Å². The van der Waals surface area contributed by atoms with Gasteiger partial charge in [0.25, 0.3) is 5.91 Å². The monoisotopic (exact) mass is 353 g/mol. The van der Waals surface area contributed by atoms with Crippen LogP contribution in [0.5, 0.6) is 0 Å². The molecule has 132 valence electrons. The van der Waals surface area contributed by atoms with Crippen molar-refractivity contribution in [2.75, 3.05) is 11.9 Å². The fraction of sp³-hybridized carbons (Fsp3) is 0.111. The molecule has 1 aromatic heterocycles. The molecule has 8 heteroatoms. The quantitative estimate of drug-likeness (QED) is 0.735. The maximum Gasteiger partial charge on any atom is 0.251 e. The van der Waals surface area contributed by atoms with Crippen molar-refractivity contribution < 1.29 is 14.0 Å². The summed E-state index contributed by atoms with van der Waals surface area (Å²) in [7, 11) is 0. The van der Waals surface area contributed by atoms with Crippen LogP contribution in [0, 0.1) is 12.7 Å². The first-order valence-corrected chi connectivity index (χ1v) is 7.82. The predicted octanol–water partition coefficient (Wildman–Crippen LogP) is 2.08. The third-order valence-corrected chi connectivity index (χ3v) is 3.68. The molecule has 0 fully saturated rings. The molecule has 0 aliphatic rings. The molecule has 2 N–H and O–H groups in total. The van der Waals surface area contributed by atoms with E-state index in [-0.39, 0.29) is 18.0 Å². The van der Waals surface area contributed by atoms with E-state index in [9.17, 15) is 14.0 Å². The van der Waals surface area contributed by atoms with Crippen LogP contribution < -0.4 is 10.6 Å². The number of rotatable bonds is 5. The van der Waals surface area contributed by atoms with Gasteiger partial charge in [-0.3, -0.25) is 9.59 Å². The SMILES string of the molecule is Cc1ccc(C(=O)NCC(=O)Nc2ccc(-n3cncn3)cc2)cc1F. The average Bonchev–Trinajstić information content (AvgIpc) is 3.17. The van der Waals surface area contributed by atoms with Gasteiger partial charge in [0.1, 0.15) is 18.5 Å². The molecule has 7 nitrogen and oxygen atoms in total. The number of benzene rings is 2. The maximum absolute atomic E-state index is 13.5. The largest absolute Gasteiger partial charge is 0.343 e. The lowest BCUT2D eigenvalue weighted by atomic mass is 10.1. The molecule has 0 aliphatic carbocycles. The van der Waals surface area contributed by atoms with Gasteiger partial charge >= 0.3 is 0 Å². The summed E-state index contributed by atoms with van der Waals surface area (Å²) in [5.41, 5.74) is 2.00. The highest BCUT2D eigenvalue weighted by atomic mass is 19.1. The van der Waals surface area contributed by atoms with Crippen molar-refractivity contribution in [2.45, 2.75) is 6.92 Å². The fourth-order valence-electron chi connectivity index (χ4n) is 2.24. The van der Waals surface area contributed by atoms with Gasteiger partial charge in [0.15, 0.2) is 0 Å². The van der Waals surface area contributed by atoms with Crippen LogP contribution in [0.3, 0.4) is 0 Å². The molecule has 0 saturated carbocycles. The topological polar surface area (TPSA) is 88.9 Å². The van der Waals surface area contributed by atoms with E-state index in [4.69, 9.17) is 0 Å². The van der Waals surface area contributed by atoms with Crippen LogP contribution in [0.15, 0.2) is 55.1 Å². The van der Waals surface area contributed by atoms with Crippen LogP contribution in [0.1, 0.15) is 15.9 Å². The Balaban J connectivity index is 1.53. The minimum absolute atomic E-state index is 0.165. The first-order valence-electron chi connectivity index (χ1n) is 7.82. The number of amides is 2. The van der Waals surface area contributed by atoms with Crippen LogP contribution >= 0.6 is 0 Å². The number of carbonyl (C=O) groups excluding carboxylic acids is 2. The van der Waals surface area contributed by atoms with Crippen molar-refractivity contribution in [3.05, 3.63) is 72.1 Å². The number of anilines is 1. The Morgan fingerprint density at radius 1 is 1.15 bits per heavy atom. The Hall–Kier alpha value is -3.55. The summed E-state index contributed by atoms with van der Waals surface area (Å²) in [6.07, 6.45) is 3.00. The van der Waals surface area contributed by atoms with Crippen molar-refractivity contribution in [1.82, 2.24) is 20.1 Å². The van der Waals surface area contributed by atoms with Gasteiger partial charge in [0, 0.05) is 11.3 Å². The van der Waals surface area contributed by atoms with E-state index < -0.39 is 11.7 Å². The van der Waals surface area contributed by atoms with Gasteiger partial charge in [-0.2, -0.15) is 5.10 Å². The van der Waals surface area contributed by atoms with Gasteiger partial charge in [-0.05, 0) is 48.9 Å². The Morgan fingerprint density at radius 3 is 2.58 bits per heavy atom. The summed E-state index contributed by atoms with van der Waals surface area (Å²) >= 11 is 0. The molecule has 2 amide bonds. The van der Waals surface area contributed by atoms with Crippen LogP contribution in [-0.4, -0.2) is 33.1 Å². The van der Waals surface area contributed by atoms with Gasteiger partial charge in [0.2, 0.25) is 5.91 Å². The van der Waals surface area contributed by atoms with Crippen molar-refractivity contribution in [1.29, 1.82) is 0 Å². The molecule has 0 spiro atoms. The van der Waals surface area contributed by atoms with Crippen LogP contribution in [0.25, 0.3) is 5.69 Å². The lowest BCUT2D eigenvalue weighted by Crippen LogP contribution is -2.32. The second kappa shape index (κ2) is 7.56. The summed E-state index contributed by atoms with van der Waals surface area (Å²) in [6, 6.07) is 11.1. The Morgan fingerprint density at radius 2 is 1.92 bits per heavy atom. The fourth-order valence-corrected chi connectivity index (χ4v) is 2.24. The molecule has 3 rings (SSSR count). The van der Waals surface area contributed by atoms with Crippen molar-refractivity contribution in [2.24, 2.45) is 0 Å². The van der Waals surface area contributed by atoms with Crippen LogP contribution in [-0.2, 0) is 4.79 Å². The first-order chi connectivity index (χ1) is 12.5. The zero-order valence-electron chi connectivity index (χ0n) is 13.9. The molecule has 1 heterocycles. The van der Waals surface area contributed by atoms with Gasteiger partial charge in [-0.25, -0.2) is 14.1 Å². The van der Waals surface area contributed by atoms with Gasteiger partial charge in [-0.15, -0.1) is 0 Å². The normalized spacial score (nSPS) is 10.4. The maximum atomic E-state index is 13.5. The van der Waals surface area contributed by atoms with Crippen molar-refractivity contribution >= 4 is 17.5 Å². The highest BCUT2D eigenvalue weighted by molar-refractivity contribution is 5.99. The zero-order valence-corrected chi connectivity index (χ0v) is 13.9. The number of hydrogen-bond donors (Lipinski definition) is 2. The van der Waals surface area contributed by atoms with E-state index in [1.165, 1.54) is 18.5 Å². The smallest absolute Gasteiger partial charge is 0.251 e. The minimum atomic E-state index is -0.513. The Bertz CT molecular complexity index is 923. The Kier molecular flexibility index (Phi) is 5.02. The highest BCUT2D eigenvalue weighted by Gasteiger charge is 2.10. The second-order valence-corrected chi connectivity index (χ2v) is 5.58. The molecule has 0 atom stereocenters. The molecule has 2 aromatic carbocycles. The number of nitrogens with zero attached hydrogens (tertiary/aromatic N) is 3. The first kappa shape index (κ1) is 17.3. The van der Waals surface area contributed by atoms with Crippen molar-refractivity contribution in [3.63, 3.8) is 0 Å². The second-order valence-electron chi connectivity index (χ2n) is 5.58. The number of carbonyl (C=O) groups is 2. The minimum Gasteiger partial charge on any atom is -0.343 e. The number of nitrogens with one attached hydrogen (secondary N) is 2. The molecule has 0 bridgehead atoms. The number of aryl methyl sites for hydroxylation is 1. The molecule has 0 aliphatic heterocycles. The van der Waals surface area contributed by atoms with E-state index in [2.05, 4.69) is 20.7 Å². The number of hydrogen-bond acceptors (Lipinski definition) is 4. The summed E-state index contributed by atoms with van der Waals surface area (Å²) in [5, 5.41) is 9.14. The molecular formula is C18H16FN5O2. The third kappa shape index (κ3) is 4.10. The molecule has 0 radical (unpaired) electrons. The average molecular weight is 353 g/mol. The summed E-state index contributed by atoms with van der Waals surface area (Å²) in [4.78, 5) is 27.8. The summed E-state index contributed by atoms with van der Waals surface area (Å²) in [5.74, 6) is -1.37. The zero-order chi connectivity index (χ0) is 18.5. The van der Waals surface area contributed by atoms with E-state index in [0.29, 0.717) is 11.3 Å².